The minimum atomic E-state index is -1.15. The second-order valence-corrected chi connectivity index (χ2v) is 3.80. The Balaban J connectivity index is 2.63. The predicted molar refractivity (Wildman–Crippen MR) is 61.6 cm³/mol. The molecule has 2 rings (SSSR count). The Kier molecular flexibility index (Phi) is 3.06. The maximum Gasteiger partial charge on any atom is 0.337 e. The van der Waals surface area contributed by atoms with Gasteiger partial charge in [0.2, 0.25) is 0 Å². The zero-order valence-corrected chi connectivity index (χ0v) is 9.28. The fraction of sp³-hybridized carbons (Fsp3) is 0. The van der Waals surface area contributed by atoms with E-state index < -0.39 is 11.8 Å². The Hall–Kier alpha value is -1.94. The molecule has 1 aromatic heterocycles. The monoisotopic (exact) mass is 251 g/mol. The number of hydrogen-bond acceptors (Lipinski definition) is 2. The van der Waals surface area contributed by atoms with Crippen molar-refractivity contribution in [3.05, 3.63) is 52.9 Å². The van der Waals surface area contributed by atoms with Crippen molar-refractivity contribution in [2.45, 2.75) is 0 Å². The number of nitrogens with zero attached hydrogens (tertiary/aromatic N) is 1. The first-order valence-corrected chi connectivity index (χ1v) is 5.10. The standard InChI is InChI=1S/C12H7ClFNO2/c13-8-5-10(12(16)17)11(15-6-8)7-2-1-3-9(14)4-7/h1-6H,(H,16,17). The summed E-state index contributed by atoms with van der Waals surface area (Å²) >= 11 is 5.68. The van der Waals surface area contributed by atoms with Crippen molar-refractivity contribution in [1.82, 2.24) is 4.98 Å². The predicted octanol–water partition coefficient (Wildman–Crippen LogP) is 3.24. The van der Waals surface area contributed by atoms with Crippen LogP contribution in [-0.4, -0.2) is 16.1 Å². The van der Waals surface area contributed by atoms with Gasteiger partial charge in [0.05, 0.1) is 16.3 Å². The van der Waals surface area contributed by atoms with E-state index in [1.807, 2.05) is 0 Å². The maximum absolute atomic E-state index is 13.1. The SMILES string of the molecule is O=C(O)c1cc(Cl)cnc1-c1cccc(F)c1. The molecule has 0 bridgehead atoms. The Morgan fingerprint density at radius 2 is 2.12 bits per heavy atom. The second kappa shape index (κ2) is 4.51. The van der Waals surface area contributed by atoms with Gasteiger partial charge in [-0.1, -0.05) is 23.7 Å². The molecule has 86 valence electrons. The number of hydrogen-bond donors (Lipinski definition) is 1. The van der Waals surface area contributed by atoms with Crippen LogP contribution in [0.1, 0.15) is 10.4 Å². The molecule has 0 amide bonds. The van der Waals surface area contributed by atoms with Gasteiger partial charge in [-0.25, -0.2) is 9.18 Å². The molecule has 1 aromatic carbocycles. The first-order valence-electron chi connectivity index (χ1n) is 4.72. The Bertz CT molecular complexity index is 586. The molecule has 0 unspecified atom stereocenters. The van der Waals surface area contributed by atoms with Gasteiger partial charge in [0.15, 0.2) is 0 Å². The number of aromatic nitrogens is 1. The van der Waals surface area contributed by atoms with E-state index in [1.165, 1.54) is 30.5 Å². The third kappa shape index (κ3) is 2.42. The van der Waals surface area contributed by atoms with Crippen LogP contribution in [-0.2, 0) is 0 Å². The molecule has 0 aliphatic heterocycles. The first-order chi connectivity index (χ1) is 8.08. The molecule has 0 fully saturated rings. The summed E-state index contributed by atoms with van der Waals surface area (Å²) in [4.78, 5) is 15.0. The molecule has 1 N–H and O–H groups in total. The summed E-state index contributed by atoms with van der Waals surface area (Å²) in [7, 11) is 0. The summed E-state index contributed by atoms with van der Waals surface area (Å²) in [5.41, 5.74) is 0.545. The van der Waals surface area contributed by atoms with Crippen LogP contribution in [0, 0.1) is 5.82 Å². The summed E-state index contributed by atoms with van der Waals surface area (Å²) in [5, 5.41) is 9.25. The molecular formula is C12H7ClFNO2. The van der Waals surface area contributed by atoms with Gasteiger partial charge in [-0.15, -0.1) is 0 Å². The van der Waals surface area contributed by atoms with Gasteiger partial charge in [-0.2, -0.15) is 0 Å². The lowest BCUT2D eigenvalue weighted by atomic mass is 10.1. The molecular weight excluding hydrogens is 245 g/mol. The molecule has 0 atom stereocenters. The van der Waals surface area contributed by atoms with Gasteiger partial charge in [0, 0.05) is 11.8 Å². The van der Waals surface area contributed by atoms with Crippen molar-refractivity contribution in [1.29, 1.82) is 0 Å². The zero-order chi connectivity index (χ0) is 12.4. The van der Waals surface area contributed by atoms with Crippen molar-refractivity contribution in [3.8, 4) is 11.3 Å². The van der Waals surface area contributed by atoms with Gasteiger partial charge in [-0.05, 0) is 18.2 Å². The van der Waals surface area contributed by atoms with Gasteiger partial charge < -0.3 is 5.11 Å². The summed E-state index contributed by atoms with van der Waals surface area (Å²) in [6.07, 6.45) is 1.33. The van der Waals surface area contributed by atoms with E-state index in [1.54, 1.807) is 6.07 Å². The summed E-state index contributed by atoms with van der Waals surface area (Å²) < 4.78 is 13.1. The van der Waals surface area contributed by atoms with E-state index in [4.69, 9.17) is 16.7 Å². The van der Waals surface area contributed by atoms with Gasteiger partial charge in [0.25, 0.3) is 0 Å². The van der Waals surface area contributed by atoms with E-state index in [0.717, 1.165) is 0 Å². The Morgan fingerprint density at radius 3 is 2.76 bits per heavy atom. The average molecular weight is 252 g/mol. The minimum Gasteiger partial charge on any atom is -0.478 e. The topological polar surface area (TPSA) is 50.2 Å². The zero-order valence-electron chi connectivity index (χ0n) is 8.52. The third-order valence-corrected chi connectivity index (χ3v) is 2.39. The van der Waals surface area contributed by atoms with Crippen molar-refractivity contribution in [2.24, 2.45) is 0 Å². The Labute approximate surface area is 101 Å². The molecule has 0 aliphatic carbocycles. The number of benzene rings is 1. The van der Waals surface area contributed by atoms with E-state index in [9.17, 15) is 9.18 Å². The molecule has 0 radical (unpaired) electrons. The molecule has 3 nitrogen and oxygen atoms in total. The maximum atomic E-state index is 13.1. The highest BCUT2D eigenvalue weighted by atomic mass is 35.5. The van der Waals surface area contributed by atoms with Crippen molar-refractivity contribution >= 4 is 17.6 Å². The van der Waals surface area contributed by atoms with Crippen molar-refractivity contribution in [3.63, 3.8) is 0 Å². The van der Waals surface area contributed by atoms with E-state index in [0.29, 0.717) is 5.56 Å². The van der Waals surface area contributed by atoms with Gasteiger partial charge in [0.1, 0.15) is 5.82 Å². The van der Waals surface area contributed by atoms with Crippen LogP contribution in [0.4, 0.5) is 4.39 Å². The minimum absolute atomic E-state index is 0.0527. The van der Waals surface area contributed by atoms with E-state index in [2.05, 4.69) is 4.98 Å². The quantitative estimate of drug-likeness (QED) is 0.891. The molecule has 2 aromatic rings. The molecule has 0 saturated heterocycles. The number of carbonyl (C=O) groups is 1. The van der Waals surface area contributed by atoms with Crippen LogP contribution >= 0.6 is 11.6 Å². The number of halogens is 2. The lowest BCUT2D eigenvalue weighted by Crippen LogP contribution is -2.01. The van der Waals surface area contributed by atoms with Crippen LogP contribution in [0.5, 0.6) is 0 Å². The molecule has 17 heavy (non-hydrogen) atoms. The lowest BCUT2D eigenvalue weighted by Gasteiger charge is -2.05. The smallest absolute Gasteiger partial charge is 0.337 e. The summed E-state index contributed by atoms with van der Waals surface area (Å²) in [5.74, 6) is -1.60. The van der Waals surface area contributed by atoms with E-state index >= 15 is 0 Å². The first kappa shape index (κ1) is 11.5. The second-order valence-electron chi connectivity index (χ2n) is 3.37. The molecule has 5 heteroatoms. The normalized spacial score (nSPS) is 10.2. The summed E-state index contributed by atoms with van der Waals surface area (Å²) in [6, 6.07) is 6.87. The number of aromatic carboxylic acids is 1. The number of rotatable bonds is 2. The highest BCUT2D eigenvalue weighted by molar-refractivity contribution is 6.30. The van der Waals surface area contributed by atoms with Gasteiger partial charge >= 0.3 is 5.97 Å². The van der Waals surface area contributed by atoms with Gasteiger partial charge in [-0.3, -0.25) is 4.98 Å². The van der Waals surface area contributed by atoms with Crippen LogP contribution in [0.15, 0.2) is 36.5 Å². The number of pyridine rings is 1. The van der Waals surface area contributed by atoms with Crippen molar-refractivity contribution in [2.75, 3.05) is 0 Å². The van der Waals surface area contributed by atoms with Crippen LogP contribution < -0.4 is 0 Å². The molecule has 1 heterocycles. The highest BCUT2D eigenvalue weighted by Gasteiger charge is 2.14. The van der Waals surface area contributed by atoms with Crippen LogP contribution in [0.2, 0.25) is 5.02 Å². The average Bonchev–Trinajstić information content (AvgIpc) is 2.28. The number of carboxylic acid groups (broad SMARTS) is 1. The summed E-state index contributed by atoms with van der Waals surface area (Å²) in [6.45, 7) is 0. The van der Waals surface area contributed by atoms with Crippen LogP contribution in [0.25, 0.3) is 11.3 Å². The highest BCUT2D eigenvalue weighted by Crippen LogP contribution is 2.24. The van der Waals surface area contributed by atoms with E-state index in [-0.39, 0.29) is 16.3 Å². The lowest BCUT2D eigenvalue weighted by molar-refractivity contribution is 0.0697. The fourth-order valence-corrected chi connectivity index (χ4v) is 1.63. The van der Waals surface area contributed by atoms with Crippen LogP contribution in [0.3, 0.4) is 0 Å². The Morgan fingerprint density at radius 1 is 1.35 bits per heavy atom. The molecule has 0 spiro atoms. The fourth-order valence-electron chi connectivity index (χ4n) is 1.47. The number of carboxylic acids is 1. The van der Waals surface area contributed by atoms with Crippen molar-refractivity contribution < 1.29 is 14.3 Å². The largest absolute Gasteiger partial charge is 0.478 e. The third-order valence-electron chi connectivity index (χ3n) is 2.18. The molecule has 0 saturated carbocycles. The molecule has 0 aliphatic rings.